The third kappa shape index (κ3) is 4.98. The van der Waals surface area contributed by atoms with E-state index in [0.29, 0.717) is 16.6 Å². The molecule has 0 unspecified atom stereocenters. The summed E-state index contributed by atoms with van der Waals surface area (Å²) in [6.07, 6.45) is 3.86. The fraction of sp³-hybridized carbons (Fsp3) is 0.350. The third-order valence-electron chi connectivity index (χ3n) is 4.92. The summed E-state index contributed by atoms with van der Waals surface area (Å²) < 4.78 is 6.60. The molecule has 3 aromatic rings. The summed E-state index contributed by atoms with van der Waals surface area (Å²) in [4.78, 5) is 21.4. The second-order valence-corrected chi connectivity index (χ2v) is 7.72. The van der Waals surface area contributed by atoms with E-state index in [9.17, 15) is 4.79 Å². The number of hydrogen-bond donors (Lipinski definition) is 2. The number of halogens is 2. The van der Waals surface area contributed by atoms with Crippen molar-refractivity contribution in [2.45, 2.75) is 25.7 Å². The normalized spacial score (nSPS) is 14.0. The van der Waals surface area contributed by atoms with Gasteiger partial charge < -0.3 is 10.1 Å². The number of rotatable bonds is 4. The molecule has 0 bridgehead atoms. The van der Waals surface area contributed by atoms with Crippen molar-refractivity contribution in [2.75, 3.05) is 25.5 Å². The van der Waals surface area contributed by atoms with Crippen LogP contribution in [0.25, 0.3) is 10.2 Å². The molecule has 9 heteroatoms. The van der Waals surface area contributed by atoms with Gasteiger partial charge in [0, 0.05) is 17.5 Å². The van der Waals surface area contributed by atoms with Crippen LogP contribution in [0.3, 0.4) is 0 Å². The van der Waals surface area contributed by atoms with Gasteiger partial charge in [-0.3, -0.25) is 15.1 Å². The van der Waals surface area contributed by atoms with Gasteiger partial charge in [-0.1, -0.05) is 17.4 Å². The lowest BCUT2D eigenvalue weighted by Gasteiger charge is -2.23. The number of anilines is 1. The Morgan fingerprint density at radius 3 is 2.69 bits per heavy atom. The predicted molar refractivity (Wildman–Crippen MR) is 122 cm³/mol. The SMILES string of the molecule is COc1ccc(C2CCNCC2)c2sc(NC(=O)c3ccnc(C)c3)nc12.Cl.Cl. The quantitative estimate of drug-likeness (QED) is 0.603. The molecule has 156 valence electrons. The van der Waals surface area contributed by atoms with Crippen LogP contribution >= 0.6 is 36.2 Å². The minimum Gasteiger partial charge on any atom is -0.494 e. The van der Waals surface area contributed by atoms with Gasteiger partial charge in [0.2, 0.25) is 0 Å². The van der Waals surface area contributed by atoms with Crippen LogP contribution in [0.2, 0.25) is 0 Å². The minimum absolute atomic E-state index is 0. The Balaban J connectivity index is 0.00000150. The summed E-state index contributed by atoms with van der Waals surface area (Å²) in [5.74, 6) is 1.06. The van der Waals surface area contributed by atoms with Crippen LogP contribution in [0.15, 0.2) is 30.5 Å². The maximum atomic E-state index is 12.6. The Bertz CT molecular complexity index is 990. The highest BCUT2D eigenvalue weighted by molar-refractivity contribution is 7.22. The summed E-state index contributed by atoms with van der Waals surface area (Å²) in [5, 5.41) is 6.93. The number of hydrogen-bond acceptors (Lipinski definition) is 6. The molecule has 0 spiro atoms. The Hall–Kier alpha value is -1.93. The molecule has 1 amide bonds. The number of carbonyl (C=O) groups is 1. The molecule has 0 saturated carbocycles. The molecule has 1 aromatic carbocycles. The number of ether oxygens (including phenoxy) is 1. The number of pyridine rings is 1. The number of piperidine rings is 1. The number of aryl methyl sites for hydroxylation is 1. The minimum atomic E-state index is -0.179. The van der Waals surface area contributed by atoms with Crippen molar-refractivity contribution in [2.24, 2.45) is 0 Å². The number of aromatic nitrogens is 2. The number of fused-ring (bicyclic) bond motifs is 1. The number of thiazole rings is 1. The van der Waals surface area contributed by atoms with Gasteiger partial charge in [-0.25, -0.2) is 4.98 Å². The van der Waals surface area contributed by atoms with Gasteiger partial charge in [0.25, 0.3) is 5.91 Å². The van der Waals surface area contributed by atoms with Crippen molar-refractivity contribution in [3.8, 4) is 5.75 Å². The van der Waals surface area contributed by atoms with Crippen molar-refractivity contribution in [1.82, 2.24) is 15.3 Å². The van der Waals surface area contributed by atoms with Crippen LogP contribution < -0.4 is 15.4 Å². The molecule has 0 aliphatic carbocycles. The summed E-state index contributed by atoms with van der Waals surface area (Å²) in [6, 6.07) is 7.60. The van der Waals surface area contributed by atoms with Crippen LogP contribution in [0.1, 0.15) is 40.4 Å². The van der Waals surface area contributed by atoms with E-state index in [1.165, 1.54) is 16.9 Å². The molecule has 4 rings (SSSR count). The highest BCUT2D eigenvalue weighted by Gasteiger charge is 2.22. The number of methoxy groups -OCH3 is 1. The van der Waals surface area contributed by atoms with E-state index in [0.717, 1.165) is 47.6 Å². The van der Waals surface area contributed by atoms with Gasteiger partial charge in [0.15, 0.2) is 5.13 Å². The highest BCUT2D eigenvalue weighted by Crippen LogP contribution is 2.40. The van der Waals surface area contributed by atoms with Crippen molar-refractivity contribution >= 4 is 57.4 Å². The molecule has 1 saturated heterocycles. The fourth-order valence-corrected chi connectivity index (χ4v) is 4.60. The average molecular weight is 455 g/mol. The van der Waals surface area contributed by atoms with E-state index in [4.69, 9.17) is 4.74 Å². The van der Waals surface area contributed by atoms with Gasteiger partial charge in [0.05, 0.1) is 11.8 Å². The average Bonchev–Trinajstić information content (AvgIpc) is 3.11. The molecule has 2 N–H and O–H groups in total. The van der Waals surface area contributed by atoms with Crippen molar-refractivity contribution < 1.29 is 9.53 Å². The van der Waals surface area contributed by atoms with Gasteiger partial charge in [0.1, 0.15) is 11.3 Å². The first-order valence-electron chi connectivity index (χ1n) is 9.08. The predicted octanol–water partition coefficient (Wildman–Crippen LogP) is 4.57. The van der Waals surface area contributed by atoms with E-state index in [1.807, 2.05) is 13.0 Å². The Kier molecular flexibility index (Phi) is 8.22. The Morgan fingerprint density at radius 2 is 2.00 bits per heavy atom. The summed E-state index contributed by atoms with van der Waals surface area (Å²) >= 11 is 1.52. The molecule has 2 aromatic heterocycles. The van der Waals surface area contributed by atoms with Gasteiger partial charge >= 0.3 is 0 Å². The summed E-state index contributed by atoms with van der Waals surface area (Å²) in [5.41, 5.74) is 3.50. The number of nitrogens with one attached hydrogen (secondary N) is 2. The first kappa shape index (κ1) is 23.3. The summed E-state index contributed by atoms with van der Waals surface area (Å²) in [7, 11) is 1.65. The van der Waals surface area contributed by atoms with Gasteiger partial charge in [-0.2, -0.15) is 0 Å². The molecule has 0 atom stereocenters. The Morgan fingerprint density at radius 1 is 1.24 bits per heavy atom. The van der Waals surface area contributed by atoms with E-state index < -0.39 is 0 Å². The van der Waals surface area contributed by atoms with Crippen LogP contribution in [0.4, 0.5) is 5.13 Å². The lowest BCUT2D eigenvalue weighted by Crippen LogP contribution is -2.26. The smallest absolute Gasteiger partial charge is 0.257 e. The topological polar surface area (TPSA) is 76.1 Å². The number of benzene rings is 1. The van der Waals surface area contributed by atoms with Crippen LogP contribution in [0, 0.1) is 6.92 Å². The molecule has 29 heavy (non-hydrogen) atoms. The molecular formula is C20H24Cl2N4O2S. The number of carbonyl (C=O) groups excluding carboxylic acids is 1. The first-order valence-corrected chi connectivity index (χ1v) is 9.89. The zero-order chi connectivity index (χ0) is 18.8. The monoisotopic (exact) mass is 454 g/mol. The second-order valence-electron chi connectivity index (χ2n) is 6.72. The lowest BCUT2D eigenvalue weighted by molar-refractivity contribution is 0.102. The molecule has 3 heterocycles. The zero-order valence-electron chi connectivity index (χ0n) is 16.2. The molecule has 1 aliphatic heterocycles. The maximum Gasteiger partial charge on any atom is 0.257 e. The number of nitrogens with zero attached hydrogens (tertiary/aromatic N) is 2. The molecule has 0 radical (unpaired) electrons. The van der Waals surface area contributed by atoms with Crippen molar-refractivity contribution in [3.63, 3.8) is 0 Å². The largest absolute Gasteiger partial charge is 0.494 e. The standard InChI is InChI=1S/C20H22N4O2S.2ClH/c1-12-11-14(7-10-22-12)19(25)24-20-23-17-16(26-2)4-3-15(18(17)27-20)13-5-8-21-9-6-13;;/h3-4,7,10-11,13,21H,5-6,8-9H2,1-2H3,(H,23,24,25);2*1H. The van der Waals surface area contributed by atoms with Gasteiger partial charge in [-0.15, -0.1) is 24.8 Å². The molecule has 1 aliphatic rings. The van der Waals surface area contributed by atoms with Crippen molar-refractivity contribution in [1.29, 1.82) is 0 Å². The van der Waals surface area contributed by atoms with Crippen LogP contribution in [0.5, 0.6) is 5.75 Å². The zero-order valence-corrected chi connectivity index (χ0v) is 18.7. The summed E-state index contributed by atoms with van der Waals surface area (Å²) in [6.45, 7) is 3.93. The third-order valence-corrected chi connectivity index (χ3v) is 5.94. The number of amides is 1. The van der Waals surface area contributed by atoms with Gasteiger partial charge in [-0.05, 0) is 62.5 Å². The van der Waals surface area contributed by atoms with E-state index in [2.05, 4.69) is 26.7 Å². The highest BCUT2D eigenvalue weighted by atomic mass is 35.5. The van der Waals surface area contributed by atoms with E-state index in [-0.39, 0.29) is 30.7 Å². The van der Waals surface area contributed by atoms with Crippen LogP contribution in [-0.2, 0) is 0 Å². The molecule has 6 nitrogen and oxygen atoms in total. The fourth-order valence-electron chi connectivity index (χ4n) is 3.53. The van der Waals surface area contributed by atoms with E-state index >= 15 is 0 Å². The maximum absolute atomic E-state index is 12.6. The van der Waals surface area contributed by atoms with Crippen LogP contribution in [-0.4, -0.2) is 36.1 Å². The molecule has 1 fully saturated rings. The second kappa shape index (κ2) is 10.2. The lowest BCUT2D eigenvalue weighted by atomic mass is 9.90. The molecular weight excluding hydrogens is 431 g/mol. The van der Waals surface area contributed by atoms with E-state index in [1.54, 1.807) is 25.4 Å². The Labute approximate surface area is 186 Å². The first-order chi connectivity index (χ1) is 13.2. The van der Waals surface area contributed by atoms with Crippen molar-refractivity contribution in [3.05, 3.63) is 47.3 Å².